The van der Waals surface area contributed by atoms with Gasteiger partial charge in [0.05, 0.1) is 12.4 Å². The highest BCUT2D eigenvalue weighted by atomic mass is 32.2. The summed E-state index contributed by atoms with van der Waals surface area (Å²) < 4.78 is 0.709. The molecule has 1 aromatic carbocycles. The summed E-state index contributed by atoms with van der Waals surface area (Å²) in [5.41, 5.74) is 6.50. The van der Waals surface area contributed by atoms with Gasteiger partial charge in [-0.3, -0.25) is 4.79 Å². The maximum absolute atomic E-state index is 12.6. The molecule has 3 rings (SSSR count). The van der Waals surface area contributed by atoms with Crippen LogP contribution in [0, 0.1) is 5.41 Å². The Hall–Kier alpha value is -1.64. The molecule has 0 aliphatic carbocycles. The lowest BCUT2D eigenvalue weighted by atomic mass is 9.76. The summed E-state index contributed by atoms with van der Waals surface area (Å²) in [6, 6.07) is 10.2. The normalized spacial score (nSPS) is 20.6. The Labute approximate surface area is 155 Å². The lowest BCUT2D eigenvalue weighted by Gasteiger charge is -2.42. The number of nitrogens with two attached hydrogens (primary N) is 1. The molecule has 1 amide bonds. The number of rotatable bonds is 6. The number of carbonyl (C=O) groups excluding carboxylic acids is 1. The molecule has 1 atom stereocenters. The molecule has 1 aliphatic rings. The first-order chi connectivity index (χ1) is 12.1. The van der Waals surface area contributed by atoms with Crippen LogP contribution in [-0.4, -0.2) is 51.6 Å². The SMILES string of the molecule is Nc1nnc(SCC(=O)N2CCC[C@@](CO)(Cc3ccccc3)C2)s1. The zero-order valence-corrected chi connectivity index (χ0v) is 15.6. The first kappa shape index (κ1) is 18.2. The molecule has 0 bridgehead atoms. The number of likely N-dealkylation sites (tertiary alicyclic amines) is 1. The molecule has 1 saturated heterocycles. The van der Waals surface area contributed by atoms with Crippen LogP contribution in [0.4, 0.5) is 5.13 Å². The topological polar surface area (TPSA) is 92.3 Å². The summed E-state index contributed by atoms with van der Waals surface area (Å²) in [6.45, 7) is 1.43. The maximum atomic E-state index is 12.6. The minimum absolute atomic E-state index is 0.0735. The van der Waals surface area contributed by atoms with Crippen LogP contribution in [0.3, 0.4) is 0 Å². The highest BCUT2D eigenvalue weighted by Gasteiger charge is 2.36. The van der Waals surface area contributed by atoms with E-state index in [2.05, 4.69) is 22.3 Å². The van der Waals surface area contributed by atoms with Crippen molar-refractivity contribution in [1.29, 1.82) is 0 Å². The van der Waals surface area contributed by atoms with Gasteiger partial charge in [-0.05, 0) is 24.8 Å². The van der Waals surface area contributed by atoms with Crippen LogP contribution in [0.1, 0.15) is 18.4 Å². The number of nitrogen functional groups attached to an aromatic ring is 1. The van der Waals surface area contributed by atoms with Crippen LogP contribution < -0.4 is 5.73 Å². The maximum Gasteiger partial charge on any atom is 0.233 e. The fourth-order valence-corrected chi connectivity index (χ4v) is 4.81. The van der Waals surface area contributed by atoms with Crippen LogP contribution in [-0.2, 0) is 11.2 Å². The largest absolute Gasteiger partial charge is 0.396 e. The van der Waals surface area contributed by atoms with E-state index in [4.69, 9.17) is 5.73 Å². The van der Waals surface area contributed by atoms with E-state index in [1.807, 2.05) is 23.1 Å². The Bertz CT molecular complexity index is 710. The van der Waals surface area contributed by atoms with Gasteiger partial charge in [0.2, 0.25) is 11.0 Å². The van der Waals surface area contributed by atoms with Crippen molar-refractivity contribution in [3.63, 3.8) is 0 Å². The molecule has 134 valence electrons. The molecule has 25 heavy (non-hydrogen) atoms. The molecular weight excluding hydrogens is 356 g/mol. The smallest absolute Gasteiger partial charge is 0.233 e. The van der Waals surface area contributed by atoms with Gasteiger partial charge < -0.3 is 15.7 Å². The second-order valence-corrected chi connectivity index (χ2v) is 8.67. The highest BCUT2D eigenvalue weighted by molar-refractivity contribution is 8.01. The van der Waals surface area contributed by atoms with Gasteiger partial charge in [-0.2, -0.15) is 0 Å². The molecule has 2 heterocycles. The average molecular weight is 379 g/mol. The quantitative estimate of drug-likeness (QED) is 0.748. The number of aromatic nitrogens is 2. The van der Waals surface area contributed by atoms with E-state index < -0.39 is 0 Å². The van der Waals surface area contributed by atoms with Crippen LogP contribution in [0.2, 0.25) is 0 Å². The van der Waals surface area contributed by atoms with Gasteiger partial charge in [0.1, 0.15) is 0 Å². The van der Waals surface area contributed by atoms with Crippen LogP contribution in [0.15, 0.2) is 34.7 Å². The Kier molecular flexibility index (Phi) is 5.93. The Morgan fingerprint density at radius 3 is 2.84 bits per heavy atom. The monoisotopic (exact) mass is 378 g/mol. The molecule has 6 nitrogen and oxygen atoms in total. The fraction of sp³-hybridized carbons (Fsp3) is 0.471. The van der Waals surface area contributed by atoms with Gasteiger partial charge in [0.15, 0.2) is 4.34 Å². The van der Waals surface area contributed by atoms with Crippen molar-refractivity contribution < 1.29 is 9.90 Å². The van der Waals surface area contributed by atoms with Gasteiger partial charge in [-0.1, -0.05) is 53.4 Å². The number of benzene rings is 1. The summed E-state index contributed by atoms with van der Waals surface area (Å²) in [5, 5.41) is 18.1. The number of thioether (sulfide) groups is 1. The fourth-order valence-electron chi connectivity index (χ4n) is 3.27. The second-order valence-electron chi connectivity index (χ2n) is 6.43. The Balaban J connectivity index is 1.61. The summed E-state index contributed by atoms with van der Waals surface area (Å²) in [5.74, 6) is 0.394. The van der Waals surface area contributed by atoms with E-state index in [-0.39, 0.29) is 17.9 Å². The zero-order valence-electron chi connectivity index (χ0n) is 13.9. The van der Waals surface area contributed by atoms with E-state index in [0.29, 0.717) is 21.8 Å². The minimum Gasteiger partial charge on any atom is -0.396 e. The van der Waals surface area contributed by atoms with Crippen molar-refractivity contribution in [1.82, 2.24) is 15.1 Å². The van der Waals surface area contributed by atoms with E-state index in [9.17, 15) is 9.90 Å². The number of amides is 1. The molecule has 8 heteroatoms. The van der Waals surface area contributed by atoms with E-state index in [0.717, 1.165) is 25.8 Å². The third kappa shape index (κ3) is 4.71. The van der Waals surface area contributed by atoms with Crippen molar-refractivity contribution in [2.45, 2.75) is 23.6 Å². The number of anilines is 1. The molecule has 0 radical (unpaired) electrons. The van der Waals surface area contributed by atoms with Gasteiger partial charge in [-0.25, -0.2) is 0 Å². The average Bonchev–Trinajstić information content (AvgIpc) is 3.06. The van der Waals surface area contributed by atoms with Gasteiger partial charge >= 0.3 is 0 Å². The zero-order chi connectivity index (χ0) is 17.7. The summed E-state index contributed by atoms with van der Waals surface area (Å²) >= 11 is 2.66. The number of hydrogen-bond acceptors (Lipinski definition) is 7. The number of hydrogen-bond donors (Lipinski definition) is 2. The number of carbonyl (C=O) groups is 1. The molecule has 0 saturated carbocycles. The van der Waals surface area contributed by atoms with E-state index in [1.54, 1.807) is 0 Å². The lowest BCUT2D eigenvalue weighted by Crippen LogP contribution is -2.49. The highest BCUT2D eigenvalue weighted by Crippen LogP contribution is 2.34. The van der Waals surface area contributed by atoms with Gasteiger partial charge in [0.25, 0.3) is 0 Å². The number of aliphatic hydroxyl groups is 1. The molecule has 1 fully saturated rings. The summed E-state index contributed by atoms with van der Waals surface area (Å²) in [7, 11) is 0. The molecular formula is C17H22N4O2S2. The van der Waals surface area contributed by atoms with Crippen molar-refractivity contribution in [2.75, 3.05) is 31.2 Å². The first-order valence-corrected chi connectivity index (χ1v) is 10.0. The third-order valence-electron chi connectivity index (χ3n) is 4.51. The summed E-state index contributed by atoms with van der Waals surface area (Å²) in [6.07, 6.45) is 2.63. The van der Waals surface area contributed by atoms with Crippen molar-refractivity contribution in [2.24, 2.45) is 5.41 Å². The van der Waals surface area contributed by atoms with Crippen LogP contribution in [0.5, 0.6) is 0 Å². The Morgan fingerprint density at radius 1 is 1.36 bits per heavy atom. The van der Waals surface area contributed by atoms with Crippen molar-refractivity contribution in [3.8, 4) is 0 Å². The number of piperidine rings is 1. The third-order valence-corrected chi connectivity index (χ3v) is 6.38. The molecule has 1 aliphatic heterocycles. The minimum atomic E-state index is -0.257. The standard InChI is InChI=1S/C17H22N4O2S2/c18-15-19-20-16(25-15)24-10-14(23)21-8-4-7-17(11-21,12-22)9-13-5-2-1-3-6-13/h1-3,5-6,22H,4,7-12H2,(H2,18,19)/t17-/m1/s1. The predicted molar refractivity (Wildman–Crippen MR) is 101 cm³/mol. The first-order valence-electron chi connectivity index (χ1n) is 8.25. The second kappa shape index (κ2) is 8.16. The summed E-state index contributed by atoms with van der Waals surface area (Å²) in [4.78, 5) is 14.5. The van der Waals surface area contributed by atoms with Gasteiger partial charge in [0, 0.05) is 18.5 Å². The predicted octanol–water partition coefficient (Wildman–Crippen LogP) is 2.06. The number of aliphatic hydroxyl groups excluding tert-OH is 1. The van der Waals surface area contributed by atoms with Gasteiger partial charge in [-0.15, -0.1) is 10.2 Å². The molecule has 1 aromatic heterocycles. The number of nitrogens with zero attached hydrogens (tertiary/aromatic N) is 3. The molecule has 3 N–H and O–H groups in total. The van der Waals surface area contributed by atoms with E-state index >= 15 is 0 Å². The Morgan fingerprint density at radius 2 is 2.16 bits per heavy atom. The van der Waals surface area contributed by atoms with E-state index in [1.165, 1.54) is 28.7 Å². The van der Waals surface area contributed by atoms with Crippen LogP contribution >= 0.6 is 23.1 Å². The van der Waals surface area contributed by atoms with Crippen LogP contribution in [0.25, 0.3) is 0 Å². The molecule has 0 spiro atoms. The van der Waals surface area contributed by atoms with Crippen molar-refractivity contribution >= 4 is 34.1 Å². The lowest BCUT2D eigenvalue weighted by molar-refractivity contribution is -0.132. The van der Waals surface area contributed by atoms with Crippen molar-refractivity contribution in [3.05, 3.63) is 35.9 Å². The molecule has 0 unspecified atom stereocenters. The molecule has 2 aromatic rings.